The van der Waals surface area contributed by atoms with Crippen LogP contribution in [-0.2, 0) is 10.0 Å². The predicted molar refractivity (Wildman–Crippen MR) is 96.1 cm³/mol. The molecule has 0 bridgehead atoms. The minimum atomic E-state index is -3.64. The molecule has 0 fully saturated rings. The van der Waals surface area contributed by atoms with Crippen LogP contribution >= 0.6 is 0 Å². The Morgan fingerprint density at radius 3 is 2.16 bits per heavy atom. The van der Waals surface area contributed by atoms with Crippen molar-refractivity contribution in [2.24, 2.45) is 0 Å². The van der Waals surface area contributed by atoms with E-state index in [-0.39, 0.29) is 10.7 Å². The van der Waals surface area contributed by atoms with Gasteiger partial charge in [0.15, 0.2) is 5.78 Å². The van der Waals surface area contributed by atoms with Crippen molar-refractivity contribution in [2.45, 2.75) is 4.90 Å². The molecular formula is C19H16N2O3S. The highest BCUT2D eigenvalue weighted by Gasteiger charge is 2.21. The van der Waals surface area contributed by atoms with Crippen molar-refractivity contribution in [3.63, 3.8) is 0 Å². The molecule has 0 amide bonds. The standard InChI is InChI=1S/C19H16N2O3S/c1-21(25(23,24)18-7-3-2-4-8-18)17-11-9-15(10-12-17)19(22)16-6-5-13-20-14-16/h2-14H,1H3. The minimum Gasteiger partial charge on any atom is -0.289 e. The Bertz CT molecular complexity index is 970. The van der Waals surface area contributed by atoms with E-state index in [9.17, 15) is 13.2 Å². The highest BCUT2D eigenvalue weighted by molar-refractivity contribution is 7.92. The molecule has 2 aromatic carbocycles. The number of carbonyl (C=O) groups is 1. The van der Waals surface area contributed by atoms with Crippen LogP contribution in [0.2, 0.25) is 0 Å². The van der Waals surface area contributed by atoms with Crippen LogP contribution < -0.4 is 4.31 Å². The van der Waals surface area contributed by atoms with Crippen LogP contribution in [0.4, 0.5) is 5.69 Å². The first kappa shape index (κ1) is 16.9. The van der Waals surface area contributed by atoms with Gasteiger partial charge in [-0.2, -0.15) is 0 Å². The number of sulfonamides is 1. The van der Waals surface area contributed by atoms with Gasteiger partial charge in [-0.05, 0) is 48.5 Å². The fourth-order valence-corrected chi connectivity index (χ4v) is 3.59. The molecule has 1 heterocycles. The maximum Gasteiger partial charge on any atom is 0.264 e. The molecule has 0 saturated heterocycles. The van der Waals surface area contributed by atoms with Gasteiger partial charge in [-0.25, -0.2) is 8.42 Å². The zero-order valence-corrected chi connectivity index (χ0v) is 14.3. The van der Waals surface area contributed by atoms with Gasteiger partial charge in [0.2, 0.25) is 0 Å². The third-order valence-corrected chi connectivity index (χ3v) is 5.62. The molecule has 25 heavy (non-hydrogen) atoms. The fourth-order valence-electron chi connectivity index (χ4n) is 2.38. The van der Waals surface area contributed by atoms with E-state index < -0.39 is 10.0 Å². The zero-order valence-electron chi connectivity index (χ0n) is 13.5. The summed E-state index contributed by atoms with van der Waals surface area (Å²) < 4.78 is 26.4. The van der Waals surface area contributed by atoms with Crippen molar-refractivity contribution in [1.29, 1.82) is 0 Å². The third-order valence-electron chi connectivity index (χ3n) is 3.82. The van der Waals surface area contributed by atoms with Crippen LogP contribution in [0.3, 0.4) is 0 Å². The zero-order chi connectivity index (χ0) is 17.9. The van der Waals surface area contributed by atoms with Crippen molar-refractivity contribution < 1.29 is 13.2 Å². The molecule has 6 heteroatoms. The molecule has 0 N–H and O–H groups in total. The lowest BCUT2D eigenvalue weighted by molar-refractivity contribution is 0.103. The van der Waals surface area contributed by atoms with E-state index in [4.69, 9.17) is 0 Å². The lowest BCUT2D eigenvalue weighted by atomic mass is 10.0. The summed E-state index contributed by atoms with van der Waals surface area (Å²) in [6.07, 6.45) is 3.10. The first-order valence-electron chi connectivity index (χ1n) is 7.59. The number of ketones is 1. The second-order valence-corrected chi connectivity index (χ2v) is 7.37. The van der Waals surface area contributed by atoms with E-state index >= 15 is 0 Å². The van der Waals surface area contributed by atoms with Crippen LogP contribution in [0.1, 0.15) is 15.9 Å². The van der Waals surface area contributed by atoms with Gasteiger partial charge in [-0.15, -0.1) is 0 Å². The number of aromatic nitrogens is 1. The Hall–Kier alpha value is -2.99. The monoisotopic (exact) mass is 352 g/mol. The smallest absolute Gasteiger partial charge is 0.264 e. The molecule has 0 unspecified atom stereocenters. The van der Waals surface area contributed by atoms with E-state index in [1.54, 1.807) is 72.9 Å². The van der Waals surface area contributed by atoms with Gasteiger partial charge in [0.1, 0.15) is 0 Å². The summed E-state index contributed by atoms with van der Waals surface area (Å²) in [6, 6.07) is 18.1. The molecule has 5 nitrogen and oxygen atoms in total. The van der Waals surface area contributed by atoms with Crippen LogP contribution in [0.15, 0.2) is 84.0 Å². The number of nitrogens with zero attached hydrogens (tertiary/aromatic N) is 2. The average Bonchev–Trinajstić information content (AvgIpc) is 2.68. The molecule has 0 atom stereocenters. The summed E-state index contributed by atoms with van der Waals surface area (Å²) in [5.41, 5.74) is 1.44. The third kappa shape index (κ3) is 3.44. The summed E-state index contributed by atoms with van der Waals surface area (Å²) in [6.45, 7) is 0. The molecule has 0 aliphatic rings. The molecule has 3 rings (SSSR count). The number of hydrogen-bond acceptors (Lipinski definition) is 4. The van der Waals surface area contributed by atoms with Gasteiger partial charge in [0, 0.05) is 30.6 Å². The van der Waals surface area contributed by atoms with Crippen molar-refractivity contribution in [2.75, 3.05) is 11.4 Å². The van der Waals surface area contributed by atoms with Crippen molar-refractivity contribution >= 4 is 21.5 Å². The molecule has 1 aromatic heterocycles. The quantitative estimate of drug-likeness (QED) is 0.662. The summed E-state index contributed by atoms with van der Waals surface area (Å²) >= 11 is 0. The Morgan fingerprint density at radius 1 is 0.880 bits per heavy atom. The SMILES string of the molecule is CN(c1ccc(C(=O)c2cccnc2)cc1)S(=O)(=O)c1ccccc1. The maximum atomic E-state index is 12.6. The number of anilines is 1. The van der Waals surface area contributed by atoms with Crippen LogP contribution in [-0.4, -0.2) is 26.2 Å². The van der Waals surface area contributed by atoms with E-state index in [1.165, 1.54) is 17.5 Å². The van der Waals surface area contributed by atoms with Gasteiger partial charge in [0.05, 0.1) is 10.6 Å². The van der Waals surface area contributed by atoms with Gasteiger partial charge in [-0.3, -0.25) is 14.1 Å². The summed E-state index contributed by atoms with van der Waals surface area (Å²) in [5.74, 6) is -0.159. The van der Waals surface area contributed by atoms with Gasteiger partial charge >= 0.3 is 0 Å². The highest BCUT2D eigenvalue weighted by atomic mass is 32.2. The largest absolute Gasteiger partial charge is 0.289 e. The average molecular weight is 352 g/mol. The number of carbonyl (C=O) groups excluding carboxylic acids is 1. The van der Waals surface area contributed by atoms with Crippen molar-refractivity contribution in [3.05, 3.63) is 90.3 Å². The van der Waals surface area contributed by atoms with Crippen molar-refractivity contribution in [1.82, 2.24) is 4.98 Å². The summed E-state index contributed by atoms with van der Waals surface area (Å²) in [7, 11) is -2.15. The first-order chi connectivity index (χ1) is 12.0. The van der Waals surface area contributed by atoms with Gasteiger partial charge < -0.3 is 0 Å². The normalized spacial score (nSPS) is 11.1. The molecule has 0 spiro atoms. The van der Waals surface area contributed by atoms with Gasteiger partial charge in [0.25, 0.3) is 10.0 Å². The van der Waals surface area contributed by atoms with Gasteiger partial charge in [-0.1, -0.05) is 18.2 Å². The van der Waals surface area contributed by atoms with E-state index in [0.717, 1.165) is 0 Å². The van der Waals surface area contributed by atoms with Crippen LogP contribution in [0.5, 0.6) is 0 Å². The maximum absolute atomic E-state index is 12.6. The lowest BCUT2D eigenvalue weighted by Crippen LogP contribution is -2.26. The number of benzene rings is 2. The lowest BCUT2D eigenvalue weighted by Gasteiger charge is -2.19. The molecule has 0 radical (unpaired) electrons. The second-order valence-electron chi connectivity index (χ2n) is 5.40. The number of rotatable bonds is 5. The molecule has 0 saturated carbocycles. The Balaban J connectivity index is 1.86. The highest BCUT2D eigenvalue weighted by Crippen LogP contribution is 2.22. The molecular weight excluding hydrogens is 336 g/mol. The summed E-state index contributed by atoms with van der Waals surface area (Å²) in [5, 5.41) is 0. The topological polar surface area (TPSA) is 67.3 Å². The Labute approximate surface area is 146 Å². The van der Waals surface area contributed by atoms with E-state index in [0.29, 0.717) is 16.8 Å². The van der Waals surface area contributed by atoms with Crippen molar-refractivity contribution in [3.8, 4) is 0 Å². The Morgan fingerprint density at radius 2 is 1.56 bits per heavy atom. The van der Waals surface area contributed by atoms with Crippen LogP contribution in [0.25, 0.3) is 0 Å². The molecule has 126 valence electrons. The van der Waals surface area contributed by atoms with E-state index in [2.05, 4.69) is 4.98 Å². The van der Waals surface area contributed by atoms with Crippen LogP contribution in [0, 0.1) is 0 Å². The molecule has 0 aliphatic carbocycles. The van der Waals surface area contributed by atoms with E-state index in [1.807, 2.05) is 0 Å². The minimum absolute atomic E-state index is 0.159. The first-order valence-corrected chi connectivity index (χ1v) is 9.03. The fraction of sp³-hybridized carbons (Fsp3) is 0.0526. The Kier molecular flexibility index (Phi) is 4.63. The molecule has 0 aliphatic heterocycles. The predicted octanol–water partition coefficient (Wildman–Crippen LogP) is 3.14. The molecule has 3 aromatic rings. The second kappa shape index (κ2) is 6.86. The number of hydrogen-bond donors (Lipinski definition) is 0. The summed E-state index contributed by atoms with van der Waals surface area (Å²) in [4.78, 5) is 16.5. The number of pyridine rings is 1.